The zero-order valence-electron chi connectivity index (χ0n) is 8.93. The van der Waals surface area contributed by atoms with Gasteiger partial charge in [-0.1, -0.05) is 0 Å². The van der Waals surface area contributed by atoms with E-state index in [1.165, 1.54) is 13.8 Å². The second-order valence-corrected chi connectivity index (χ2v) is 4.33. The Morgan fingerprint density at radius 3 is 1.47 bits per heavy atom. The Kier molecular flexibility index (Phi) is 6.68. The molecule has 3 nitrogen and oxygen atoms in total. The van der Waals surface area contributed by atoms with Crippen LogP contribution in [0.5, 0.6) is 0 Å². The van der Waals surface area contributed by atoms with Crippen LogP contribution in [0, 0.1) is 0 Å². The van der Waals surface area contributed by atoms with Gasteiger partial charge in [0, 0.05) is 0 Å². The fourth-order valence-corrected chi connectivity index (χ4v) is 1.57. The van der Waals surface area contributed by atoms with Crippen LogP contribution in [0.2, 0.25) is 0 Å². The minimum Gasteiger partial charge on any atom is -0.309 e. The van der Waals surface area contributed by atoms with E-state index in [0.717, 1.165) is 0 Å². The number of alkyl halides is 6. The summed E-state index contributed by atoms with van der Waals surface area (Å²) in [5.41, 5.74) is 0. The minimum atomic E-state index is -4.65. The number of hydrogen-bond donors (Lipinski definition) is 0. The summed E-state index contributed by atoms with van der Waals surface area (Å²) in [6.45, 7) is -0.570. The molecule has 0 atom stereocenters. The Hall–Kier alpha value is -0.110. The van der Waals surface area contributed by atoms with E-state index >= 15 is 0 Å². The summed E-state index contributed by atoms with van der Waals surface area (Å²) < 4.78 is 83.6. The lowest BCUT2D eigenvalue weighted by Gasteiger charge is -2.20. The van der Waals surface area contributed by atoms with Gasteiger partial charge in [-0.05, 0) is 13.8 Å². The molecule has 0 aliphatic rings. The van der Waals surface area contributed by atoms with E-state index < -0.39 is 40.3 Å². The lowest BCUT2D eigenvalue weighted by atomic mass is 10.5. The highest BCUT2D eigenvalue weighted by Crippen LogP contribution is 2.43. The summed E-state index contributed by atoms with van der Waals surface area (Å²) in [5.74, 6) is 0. The molecule has 0 spiro atoms. The third-order valence-corrected chi connectivity index (χ3v) is 2.24. The first-order chi connectivity index (χ1) is 7.49. The Morgan fingerprint density at radius 1 is 0.882 bits per heavy atom. The third kappa shape index (κ3) is 12.1. The molecule has 0 heterocycles. The van der Waals surface area contributed by atoms with Gasteiger partial charge in [0.25, 0.3) is 0 Å². The van der Waals surface area contributed by atoms with Crippen LogP contribution in [0.1, 0.15) is 13.8 Å². The molecule has 0 aromatic carbocycles. The number of rotatable bonds is 6. The molecule has 0 amide bonds. The van der Waals surface area contributed by atoms with Crippen LogP contribution >= 0.6 is 8.60 Å². The van der Waals surface area contributed by atoms with Gasteiger partial charge in [0.15, 0.2) is 13.2 Å². The Bertz CT molecular complexity index is 199. The first-order valence-corrected chi connectivity index (χ1v) is 5.45. The number of halogens is 6. The standard InChI is InChI=1S/C7H11F6O3P/c1-5(2)16-17(14-3-6(8,9)10)15-4-7(11,12)13/h5H,3-4H2,1-2H3. The molecule has 0 fully saturated rings. The van der Waals surface area contributed by atoms with Crippen LogP contribution < -0.4 is 0 Å². The van der Waals surface area contributed by atoms with Crippen molar-refractivity contribution in [2.24, 2.45) is 0 Å². The van der Waals surface area contributed by atoms with Crippen molar-refractivity contribution in [2.75, 3.05) is 13.2 Å². The van der Waals surface area contributed by atoms with Crippen LogP contribution in [0.3, 0.4) is 0 Å². The van der Waals surface area contributed by atoms with Gasteiger partial charge >= 0.3 is 21.0 Å². The highest BCUT2D eigenvalue weighted by atomic mass is 31.2. The zero-order valence-corrected chi connectivity index (χ0v) is 9.83. The van der Waals surface area contributed by atoms with Gasteiger partial charge in [0.2, 0.25) is 0 Å². The summed E-state index contributed by atoms with van der Waals surface area (Å²) in [5, 5.41) is 0. The molecule has 0 aliphatic carbocycles. The molecule has 0 saturated heterocycles. The topological polar surface area (TPSA) is 27.7 Å². The SMILES string of the molecule is CC(C)OP(OCC(F)(F)F)OCC(F)(F)F. The zero-order chi connectivity index (χ0) is 13.7. The summed E-state index contributed by atoms with van der Waals surface area (Å²) >= 11 is 0. The van der Waals surface area contributed by atoms with Gasteiger partial charge in [-0.3, -0.25) is 0 Å². The smallest absolute Gasteiger partial charge is 0.309 e. The maximum absolute atomic E-state index is 11.8. The van der Waals surface area contributed by atoms with Gasteiger partial charge in [-0.25, -0.2) is 0 Å². The first kappa shape index (κ1) is 16.9. The van der Waals surface area contributed by atoms with E-state index in [1.54, 1.807) is 0 Å². The fraction of sp³-hybridized carbons (Fsp3) is 1.00. The van der Waals surface area contributed by atoms with Crippen molar-refractivity contribution in [1.82, 2.24) is 0 Å². The molecule has 17 heavy (non-hydrogen) atoms. The third-order valence-electron chi connectivity index (χ3n) is 0.964. The molecule has 0 aromatic heterocycles. The summed E-state index contributed by atoms with van der Waals surface area (Å²) in [6.07, 6.45) is -9.91. The molecule has 0 bridgehead atoms. The lowest BCUT2D eigenvalue weighted by Crippen LogP contribution is -2.19. The normalized spacial score (nSPS) is 13.8. The second kappa shape index (κ2) is 6.72. The van der Waals surface area contributed by atoms with Crippen LogP contribution in [-0.2, 0) is 13.6 Å². The molecule has 0 N–H and O–H groups in total. The average Bonchev–Trinajstić information content (AvgIpc) is 2.06. The molecule has 0 aliphatic heterocycles. The van der Waals surface area contributed by atoms with E-state index in [2.05, 4.69) is 13.6 Å². The van der Waals surface area contributed by atoms with E-state index in [0.29, 0.717) is 0 Å². The maximum Gasteiger partial charge on any atom is 0.412 e. The molecule has 0 rings (SSSR count). The Balaban J connectivity index is 4.15. The average molecular weight is 288 g/mol. The van der Waals surface area contributed by atoms with Crippen molar-refractivity contribution in [2.45, 2.75) is 32.3 Å². The lowest BCUT2D eigenvalue weighted by molar-refractivity contribution is -0.167. The Labute approximate surface area is 95.0 Å². The van der Waals surface area contributed by atoms with Gasteiger partial charge < -0.3 is 13.6 Å². The monoisotopic (exact) mass is 288 g/mol. The van der Waals surface area contributed by atoms with Gasteiger partial charge in [0.05, 0.1) is 6.10 Å². The molecule has 0 unspecified atom stereocenters. The van der Waals surface area contributed by atoms with Gasteiger partial charge in [-0.15, -0.1) is 0 Å². The van der Waals surface area contributed by atoms with Crippen molar-refractivity contribution in [3.63, 3.8) is 0 Å². The van der Waals surface area contributed by atoms with Crippen molar-refractivity contribution >= 4 is 8.60 Å². The van der Waals surface area contributed by atoms with Gasteiger partial charge in [-0.2, -0.15) is 26.3 Å². The van der Waals surface area contributed by atoms with Crippen molar-refractivity contribution in [1.29, 1.82) is 0 Å². The Morgan fingerprint density at radius 2 is 1.24 bits per heavy atom. The highest BCUT2D eigenvalue weighted by Gasteiger charge is 2.34. The minimum absolute atomic E-state index is 0.609. The first-order valence-electron chi connectivity index (χ1n) is 4.36. The molecule has 104 valence electrons. The number of hydrogen-bond acceptors (Lipinski definition) is 3. The van der Waals surface area contributed by atoms with Crippen molar-refractivity contribution in [3.05, 3.63) is 0 Å². The molecule has 10 heteroatoms. The quantitative estimate of drug-likeness (QED) is 0.549. The summed E-state index contributed by atoms with van der Waals surface area (Å²) in [7, 11) is -2.67. The molecule has 0 radical (unpaired) electrons. The van der Waals surface area contributed by atoms with E-state index in [1.807, 2.05) is 0 Å². The highest BCUT2D eigenvalue weighted by molar-refractivity contribution is 7.41. The van der Waals surface area contributed by atoms with Gasteiger partial charge in [0.1, 0.15) is 0 Å². The van der Waals surface area contributed by atoms with E-state index in [4.69, 9.17) is 0 Å². The largest absolute Gasteiger partial charge is 0.412 e. The molecule has 0 aromatic rings. The fourth-order valence-electron chi connectivity index (χ4n) is 0.522. The molecular formula is C7H11F6O3P. The molecule has 0 saturated carbocycles. The van der Waals surface area contributed by atoms with Crippen LogP contribution in [0.15, 0.2) is 0 Å². The molecular weight excluding hydrogens is 277 g/mol. The van der Waals surface area contributed by atoms with E-state index in [-0.39, 0.29) is 0 Å². The summed E-state index contributed by atoms with van der Waals surface area (Å²) in [4.78, 5) is 0. The van der Waals surface area contributed by atoms with E-state index in [9.17, 15) is 26.3 Å². The van der Waals surface area contributed by atoms with Crippen LogP contribution in [0.4, 0.5) is 26.3 Å². The van der Waals surface area contributed by atoms with Crippen molar-refractivity contribution < 1.29 is 39.9 Å². The predicted octanol–water partition coefficient (Wildman–Crippen LogP) is 3.80. The second-order valence-electron chi connectivity index (χ2n) is 3.16. The van der Waals surface area contributed by atoms with Crippen molar-refractivity contribution in [3.8, 4) is 0 Å². The summed E-state index contributed by atoms with van der Waals surface area (Å²) in [6, 6.07) is 0. The maximum atomic E-state index is 11.8. The van der Waals surface area contributed by atoms with Crippen LogP contribution in [0.25, 0.3) is 0 Å². The van der Waals surface area contributed by atoms with Crippen LogP contribution in [-0.4, -0.2) is 31.7 Å². The predicted molar refractivity (Wildman–Crippen MR) is 47.2 cm³/mol.